The highest BCUT2D eigenvalue weighted by molar-refractivity contribution is 7.95. The van der Waals surface area contributed by atoms with E-state index in [9.17, 15) is 18.6 Å². The lowest BCUT2D eigenvalue weighted by Gasteiger charge is -2.22. The van der Waals surface area contributed by atoms with Crippen LogP contribution in [0.4, 0.5) is 8.68 Å². The number of nitrogens with zero attached hydrogens (tertiary/aromatic N) is 1. The van der Waals surface area contributed by atoms with Crippen LogP contribution >= 0.6 is 12.1 Å². The number of carboxylic acids is 1. The van der Waals surface area contributed by atoms with Crippen molar-refractivity contribution >= 4 is 24.2 Å². The molecule has 7 heteroatoms. The minimum Gasteiger partial charge on any atom is -0.480 e. The molecule has 0 aromatic heterocycles. The van der Waals surface area contributed by atoms with Crippen molar-refractivity contribution in [3.8, 4) is 11.1 Å². The SMILES string of the molecule is O=C(O)[C@@H]1CC(SF)CN1C(=O)OCC1c2ccccc2-c2ccccc21. The molecule has 1 aliphatic carbocycles. The van der Waals surface area contributed by atoms with Gasteiger partial charge < -0.3 is 9.84 Å². The summed E-state index contributed by atoms with van der Waals surface area (Å²) in [4.78, 5) is 25.0. The van der Waals surface area contributed by atoms with Crippen molar-refractivity contribution in [2.45, 2.75) is 23.6 Å². The molecule has 2 aromatic carbocycles. The van der Waals surface area contributed by atoms with E-state index in [-0.39, 0.29) is 37.6 Å². The summed E-state index contributed by atoms with van der Waals surface area (Å²) >= 11 is 0.0867. The van der Waals surface area contributed by atoms with Crippen molar-refractivity contribution in [3.63, 3.8) is 0 Å². The van der Waals surface area contributed by atoms with E-state index in [0.29, 0.717) is 0 Å². The first kappa shape index (κ1) is 17.9. The van der Waals surface area contributed by atoms with Gasteiger partial charge in [-0.1, -0.05) is 48.5 Å². The number of hydrogen-bond acceptors (Lipinski definition) is 4. The maximum absolute atomic E-state index is 12.9. The molecule has 1 N–H and O–H groups in total. The molecule has 27 heavy (non-hydrogen) atoms. The van der Waals surface area contributed by atoms with Crippen LogP contribution in [0.15, 0.2) is 48.5 Å². The van der Waals surface area contributed by atoms with Gasteiger partial charge in [0.25, 0.3) is 0 Å². The summed E-state index contributed by atoms with van der Waals surface area (Å²) in [6.45, 7) is 0.151. The number of halogens is 1. The third kappa shape index (κ3) is 3.16. The number of benzene rings is 2. The summed E-state index contributed by atoms with van der Waals surface area (Å²) in [5.41, 5.74) is 4.40. The lowest BCUT2D eigenvalue weighted by molar-refractivity contribution is -0.141. The maximum Gasteiger partial charge on any atom is 0.410 e. The van der Waals surface area contributed by atoms with E-state index in [2.05, 4.69) is 0 Å². The minimum atomic E-state index is -1.14. The Hall–Kier alpha value is -2.54. The standard InChI is InChI=1S/C20H18FNO4S/c21-27-12-9-18(19(23)24)22(10-12)20(25)26-11-17-15-7-3-1-5-13(15)14-6-2-4-8-16(14)17/h1-8,12,17-18H,9-11H2,(H,23,24)/t12?,18-/m0/s1. The molecule has 5 nitrogen and oxygen atoms in total. The van der Waals surface area contributed by atoms with Crippen molar-refractivity contribution in [1.29, 1.82) is 0 Å². The maximum atomic E-state index is 12.9. The average molecular weight is 387 g/mol. The van der Waals surface area contributed by atoms with E-state index in [1.165, 1.54) is 0 Å². The third-order valence-electron chi connectivity index (χ3n) is 5.24. The van der Waals surface area contributed by atoms with Crippen LogP contribution in [0.25, 0.3) is 11.1 Å². The highest BCUT2D eigenvalue weighted by Gasteiger charge is 2.41. The smallest absolute Gasteiger partial charge is 0.410 e. The van der Waals surface area contributed by atoms with E-state index < -0.39 is 23.4 Å². The second-order valence-electron chi connectivity index (χ2n) is 6.76. The van der Waals surface area contributed by atoms with Crippen molar-refractivity contribution in [3.05, 3.63) is 59.7 Å². The zero-order valence-corrected chi connectivity index (χ0v) is 15.2. The third-order valence-corrected chi connectivity index (χ3v) is 5.84. The molecular weight excluding hydrogens is 369 g/mol. The van der Waals surface area contributed by atoms with Gasteiger partial charge in [-0.15, -0.1) is 0 Å². The normalized spacial score (nSPS) is 21.0. The molecule has 0 saturated carbocycles. The molecule has 1 amide bonds. The molecule has 2 aliphatic rings. The molecule has 0 spiro atoms. The molecular formula is C20H18FNO4S. The fourth-order valence-corrected chi connectivity index (χ4v) is 4.45. The minimum absolute atomic E-state index is 0.0365. The zero-order chi connectivity index (χ0) is 19.0. The molecule has 1 heterocycles. The fourth-order valence-electron chi connectivity index (χ4n) is 3.97. The second kappa shape index (κ2) is 7.23. The van der Waals surface area contributed by atoms with Gasteiger partial charge in [0.2, 0.25) is 0 Å². The lowest BCUT2D eigenvalue weighted by Crippen LogP contribution is -2.41. The molecule has 0 radical (unpaired) electrons. The van der Waals surface area contributed by atoms with Gasteiger partial charge in [0.1, 0.15) is 12.6 Å². The average Bonchev–Trinajstić information content (AvgIpc) is 3.26. The van der Waals surface area contributed by atoms with Gasteiger partial charge in [-0.05, 0) is 28.7 Å². The number of rotatable bonds is 4. The van der Waals surface area contributed by atoms with Crippen LogP contribution in [0.3, 0.4) is 0 Å². The van der Waals surface area contributed by atoms with Gasteiger partial charge in [0, 0.05) is 24.6 Å². The molecule has 140 valence electrons. The van der Waals surface area contributed by atoms with Crippen LogP contribution in [0.2, 0.25) is 0 Å². The Morgan fingerprint density at radius 1 is 1.11 bits per heavy atom. The first-order chi connectivity index (χ1) is 13.1. The number of fused-ring (bicyclic) bond motifs is 3. The zero-order valence-electron chi connectivity index (χ0n) is 14.4. The summed E-state index contributed by atoms with van der Waals surface area (Å²) in [6.07, 6.45) is -0.624. The Bertz CT molecular complexity index is 844. The first-order valence-corrected chi connectivity index (χ1v) is 9.50. The van der Waals surface area contributed by atoms with E-state index in [1.807, 2.05) is 48.5 Å². The van der Waals surface area contributed by atoms with Gasteiger partial charge in [0.05, 0.1) is 5.25 Å². The van der Waals surface area contributed by atoms with Gasteiger partial charge in [-0.3, -0.25) is 4.90 Å². The Morgan fingerprint density at radius 3 is 2.26 bits per heavy atom. The first-order valence-electron chi connectivity index (χ1n) is 8.72. The van der Waals surface area contributed by atoms with Crippen LogP contribution < -0.4 is 0 Å². The monoisotopic (exact) mass is 387 g/mol. The van der Waals surface area contributed by atoms with E-state index in [1.54, 1.807) is 0 Å². The van der Waals surface area contributed by atoms with Crippen LogP contribution in [0, 0.1) is 0 Å². The summed E-state index contributed by atoms with van der Waals surface area (Å²) in [5.74, 6) is -1.24. The Kier molecular flexibility index (Phi) is 4.78. The quantitative estimate of drug-likeness (QED) is 0.856. The summed E-state index contributed by atoms with van der Waals surface area (Å²) in [5, 5.41) is 8.77. The number of likely N-dealkylation sites (tertiary alicyclic amines) is 1. The van der Waals surface area contributed by atoms with Crippen LogP contribution in [-0.2, 0) is 9.53 Å². The van der Waals surface area contributed by atoms with E-state index >= 15 is 0 Å². The number of amides is 1. The molecule has 4 rings (SSSR count). The van der Waals surface area contributed by atoms with Crippen LogP contribution in [0.5, 0.6) is 0 Å². The number of carboxylic acid groups (broad SMARTS) is 1. The van der Waals surface area contributed by atoms with Gasteiger partial charge in [-0.25, -0.2) is 9.59 Å². The van der Waals surface area contributed by atoms with Crippen molar-refractivity contribution < 1.29 is 23.3 Å². The summed E-state index contributed by atoms with van der Waals surface area (Å²) in [7, 11) is 0. The van der Waals surface area contributed by atoms with Crippen LogP contribution in [0.1, 0.15) is 23.5 Å². The Balaban J connectivity index is 1.52. The molecule has 2 aromatic rings. The molecule has 1 fully saturated rings. The number of hydrogen-bond donors (Lipinski definition) is 1. The van der Waals surface area contributed by atoms with E-state index in [4.69, 9.17) is 4.74 Å². The Morgan fingerprint density at radius 2 is 1.70 bits per heavy atom. The predicted octanol–water partition coefficient (Wildman–Crippen LogP) is 4.08. The van der Waals surface area contributed by atoms with E-state index in [0.717, 1.165) is 27.2 Å². The van der Waals surface area contributed by atoms with Crippen molar-refractivity contribution in [2.75, 3.05) is 13.2 Å². The Labute approximate surface area is 160 Å². The van der Waals surface area contributed by atoms with Crippen molar-refractivity contribution in [1.82, 2.24) is 4.90 Å². The number of ether oxygens (including phenoxy) is 1. The lowest BCUT2D eigenvalue weighted by atomic mass is 9.98. The second-order valence-corrected chi connectivity index (χ2v) is 7.60. The molecule has 2 atom stereocenters. The fraction of sp³-hybridized carbons (Fsp3) is 0.300. The molecule has 1 unspecified atom stereocenters. The topological polar surface area (TPSA) is 66.8 Å². The number of carbonyl (C=O) groups excluding carboxylic acids is 1. The van der Waals surface area contributed by atoms with Crippen molar-refractivity contribution in [2.24, 2.45) is 0 Å². The van der Waals surface area contributed by atoms with Gasteiger partial charge >= 0.3 is 12.1 Å². The highest BCUT2D eigenvalue weighted by Crippen LogP contribution is 2.44. The molecule has 1 saturated heterocycles. The number of carbonyl (C=O) groups is 2. The summed E-state index contributed by atoms with van der Waals surface area (Å²) in [6, 6.07) is 14.9. The molecule has 1 aliphatic heterocycles. The number of aliphatic carboxylic acids is 1. The molecule has 0 bridgehead atoms. The summed E-state index contributed by atoms with van der Waals surface area (Å²) < 4.78 is 18.4. The van der Waals surface area contributed by atoms with Crippen LogP contribution in [-0.4, -0.2) is 46.5 Å². The largest absolute Gasteiger partial charge is 0.480 e. The van der Waals surface area contributed by atoms with Gasteiger partial charge in [0.15, 0.2) is 0 Å². The van der Waals surface area contributed by atoms with Gasteiger partial charge in [-0.2, -0.15) is 3.89 Å². The highest BCUT2D eigenvalue weighted by atomic mass is 32.2. The predicted molar refractivity (Wildman–Crippen MR) is 100 cm³/mol.